The molecule has 0 bridgehead atoms. The Kier molecular flexibility index (Phi) is 8.57. The third kappa shape index (κ3) is 5.94. The number of halogens is 1. The zero-order valence-corrected chi connectivity index (χ0v) is 23.4. The first kappa shape index (κ1) is 27.9. The molecule has 38 heavy (non-hydrogen) atoms. The lowest BCUT2D eigenvalue weighted by atomic mass is 9.87. The number of nitrogens with one attached hydrogen (secondary N) is 1. The van der Waals surface area contributed by atoms with Crippen LogP contribution < -0.4 is 10.2 Å². The van der Waals surface area contributed by atoms with E-state index < -0.39 is 0 Å². The van der Waals surface area contributed by atoms with Gasteiger partial charge in [-0.1, -0.05) is 51.1 Å². The average Bonchev–Trinajstić information content (AvgIpc) is 3.20. The number of thioether (sulfide) groups is 1. The third-order valence-electron chi connectivity index (χ3n) is 6.44. The molecule has 1 aromatic heterocycles. The van der Waals surface area contributed by atoms with E-state index in [4.69, 9.17) is 9.84 Å². The predicted octanol–water partition coefficient (Wildman–Crippen LogP) is 4.94. The second kappa shape index (κ2) is 11.7. The quantitative estimate of drug-likeness (QED) is 0.411. The number of aromatic nitrogens is 2. The highest BCUT2D eigenvalue weighted by Crippen LogP contribution is 2.48. The van der Waals surface area contributed by atoms with Crippen LogP contribution in [0.1, 0.15) is 54.8 Å². The van der Waals surface area contributed by atoms with Crippen molar-refractivity contribution in [3.8, 4) is 5.69 Å². The smallest absolute Gasteiger partial charge is 0.240 e. The molecule has 2 heterocycles. The SMILES string of the molecule is COCCCNC(=O)CN1C(=O)CSC(c2cccc(F)c2)c2c(C(C)(C)C)nn(-c3ccccc3C)c21. The number of carbonyl (C=O) groups is 2. The van der Waals surface area contributed by atoms with Crippen molar-refractivity contribution in [2.24, 2.45) is 0 Å². The molecule has 3 aromatic rings. The van der Waals surface area contributed by atoms with Crippen molar-refractivity contribution in [2.75, 3.05) is 37.5 Å². The summed E-state index contributed by atoms with van der Waals surface area (Å²) in [6.07, 6.45) is 0.675. The molecule has 2 aromatic carbocycles. The molecule has 1 aliphatic heterocycles. The molecule has 0 radical (unpaired) electrons. The molecular formula is C29H35FN4O3S. The summed E-state index contributed by atoms with van der Waals surface area (Å²) in [5.74, 6) is -0.0945. The molecule has 0 fully saturated rings. The van der Waals surface area contributed by atoms with Crippen molar-refractivity contribution < 1.29 is 18.7 Å². The van der Waals surface area contributed by atoms with Crippen LogP contribution in [-0.4, -0.2) is 54.2 Å². The zero-order chi connectivity index (χ0) is 27.4. The van der Waals surface area contributed by atoms with Crippen LogP contribution in [0.25, 0.3) is 5.69 Å². The maximum absolute atomic E-state index is 14.4. The molecule has 0 saturated carbocycles. The average molecular weight is 539 g/mol. The lowest BCUT2D eigenvalue weighted by Crippen LogP contribution is -2.42. The maximum Gasteiger partial charge on any atom is 0.240 e. The molecular weight excluding hydrogens is 503 g/mol. The predicted molar refractivity (Wildman–Crippen MR) is 150 cm³/mol. The second-order valence-corrected chi connectivity index (χ2v) is 11.5. The number of benzene rings is 2. The molecule has 7 nitrogen and oxygen atoms in total. The number of para-hydroxylation sites is 1. The van der Waals surface area contributed by atoms with E-state index >= 15 is 0 Å². The molecule has 1 unspecified atom stereocenters. The minimum absolute atomic E-state index is 0.142. The maximum atomic E-state index is 14.4. The Morgan fingerprint density at radius 3 is 2.66 bits per heavy atom. The first-order valence-corrected chi connectivity index (χ1v) is 13.8. The number of amides is 2. The summed E-state index contributed by atoms with van der Waals surface area (Å²) in [4.78, 5) is 28.2. The van der Waals surface area contributed by atoms with Crippen LogP contribution >= 0.6 is 11.8 Å². The highest BCUT2D eigenvalue weighted by molar-refractivity contribution is 8.00. The number of nitrogens with zero attached hydrogens (tertiary/aromatic N) is 3. The topological polar surface area (TPSA) is 76.5 Å². The molecule has 9 heteroatoms. The molecule has 2 amide bonds. The van der Waals surface area contributed by atoms with Gasteiger partial charge in [-0.15, -0.1) is 11.8 Å². The van der Waals surface area contributed by atoms with Gasteiger partial charge in [-0.3, -0.25) is 14.5 Å². The number of rotatable bonds is 8. The van der Waals surface area contributed by atoms with E-state index in [1.165, 1.54) is 23.9 Å². The van der Waals surface area contributed by atoms with Gasteiger partial charge in [0.2, 0.25) is 11.8 Å². The Balaban J connectivity index is 1.92. The molecule has 1 atom stereocenters. The van der Waals surface area contributed by atoms with E-state index in [2.05, 4.69) is 26.1 Å². The number of hydrogen-bond donors (Lipinski definition) is 1. The van der Waals surface area contributed by atoms with Crippen molar-refractivity contribution in [3.63, 3.8) is 0 Å². The minimum Gasteiger partial charge on any atom is -0.385 e. The van der Waals surface area contributed by atoms with Gasteiger partial charge < -0.3 is 10.1 Å². The van der Waals surface area contributed by atoms with Crippen molar-refractivity contribution in [3.05, 3.63) is 76.7 Å². The van der Waals surface area contributed by atoms with Gasteiger partial charge in [0.1, 0.15) is 18.2 Å². The van der Waals surface area contributed by atoms with Crippen molar-refractivity contribution in [1.82, 2.24) is 15.1 Å². The second-order valence-electron chi connectivity index (χ2n) is 10.5. The van der Waals surface area contributed by atoms with Crippen LogP contribution in [0.5, 0.6) is 0 Å². The standard InChI is InChI=1S/C29H35FN4O3S/c1-19-10-6-7-13-22(19)34-28-25(27(32-34)29(2,3)4)26(20-11-8-12-21(30)16-20)38-18-24(36)33(28)17-23(35)31-14-9-15-37-5/h6-8,10-13,16,26H,9,14-15,17-18H2,1-5H3,(H,31,35). The molecule has 0 aliphatic carbocycles. The normalized spacial score (nSPS) is 15.8. The minimum atomic E-state index is -0.383. The number of anilines is 1. The van der Waals surface area contributed by atoms with Crippen LogP contribution in [0.3, 0.4) is 0 Å². The van der Waals surface area contributed by atoms with Crippen molar-refractivity contribution in [2.45, 2.75) is 44.8 Å². The zero-order valence-electron chi connectivity index (χ0n) is 22.6. The molecule has 0 spiro atoms. The summed E-state index contributed by atoms with van der Waals surface area (Å²) in [6, 6.07) is 14.3. The Bertz CT molecular complexity index is 1320. The van der Waals surface area contributed by atoms with Gasteiger partial charge >= 0.3 is 0 Å². The lowest BCUT2D eigenvalue weighted by Gasteiger charge is -2.25. The largest absolute Gasteiger partial charge is 0.385 e. The summed E-state index contributed by atoms with van der Waals surface area (Å²) in [7, 11) is 1.62. The van der Waals surface area contributed by atoms with E-state index in [0.29, 0.717) is 25.4 Å². The number of hydrogen-bond acceptors (Lipinski definition) is 5. The number of aryl methyl sites for hydroxylation is 1. The molecule has 202 valence electrons. The van der Waals surface area contributed by atoms with Gasteiger partial charge in [0.15, 0.2) is 0 Å². The van der Waals surface area contributed by atoms with E-state index in [0.717, 1.165) is 28.1 Å². The summed E-state index contributed by atoms with van der Waals surface area (Å²) in [6.45, 7) is 9.06. The molecule has 1 aliphatic rings. The Morgan fingerprint density at radius 1 is 1.21 bits per heavy atom. The van der Waals surface area contributed by atoms with E-state index in [1.54, 1.807) is 22.8 Å². The van der Waals surface area contributed by atoms with Gasteiger partial charge in [0.05, 0.1) is 22.4 Å². The number of methoxy groups -OCH3 is 1. The fourth-order valence-corrected chi connectivity index (χ4v) is 5.81. The molecule has 1 N–H and O–H groups in total. The molecule has 0 saturated heterocycles. The van der Waals surface area contributed by atoms with Crippen LogP contribution in [0.15, 0.2) is 48.5 Å². The highest BCUT2D eigenvalue weighted by atomic mass is 32.2. The van der Waals surface area contributed by atoms with Gasteiger partial charge in [0, 0.05) is 31.2 Å². The van der Waals surface area contributed by atoms with Gasteiger partial charge in [0.25, 0.3) is 0 Å². The fourth-order valence-electron chi connectivity index (χ4n) is 4.62. The van der Waals surface area contributed by atoms with Crippen LogP contribution in [-0.2, 0) is 19.7 Å². The lowest BCUT2D eigenvalue weighted by molar-refractivity contribution is -0.122. The number of ether oxygens (including phenoxy) is 1. The van der Waals surface area contributed by atoms with E-state index in [-0.39, 0.29) is 40.6 Å². The fraction of sp³-hybridized carbons (Fsp3) is 0.414. The van der Waals surface area contributed by atoms with Crippen LogP contribution in [0.4, 0.5) is 10.2 Å². The summed E-state index contributed by atoms with van der Waals surface area (Å²) < 4.78 is 21.2. The number of fused-ring (bicyclic) bond motifs is 1. The summed E-state index contributed by atoms with van der Waals surface area (Å²) in [5, 5.41) is 7.63. The van der Waals surface area contributed by atoms with Gasteiger partial charge in [-0.2, -0.15) is 5.10 Å². The Hall–Kier alpha value is -3.17. The Morgan fingerprint density at radius 2 is 1.97 bits per heavy atom. The van der Waals surface area contributed by atoms with E-state index in [1.807, 2.05) is 37.3 Å². The van der Waals surface area contributed by atoms with Crippen LogP contribution in [0.2, 0.25) is 0 Å². The first-order chi connectivity index (χ1) is 18.1. The van der Waals surface area contributed by atoms with Crippen molar-refractivity contribution in [1.29, 1.82) is 0 Å². The Labute approximate surface area is 227 Å². The number of carbonyl (C=O) groups excluding carboxylic acids is 2. The third-order valence-corrected chi connectivity index (χ3v) is 7.70. The van der Waals surface area contributed by atoms with Crippen molar-refractivity contribution >= 4 is 29.4 Å². The summed E-state index contributed by atoms with van der Waals surface area (Å²) >= 11 is 1.44. The van der Waals surface area contributed by atoms with E-state index in [9.17, 15) is 14.0 Å². The van der Waals surface area contributed by atoms with Gasteiger partial charge in [-0.05, 0) is 42.7 Å². The van der Waals surface area contributed by atoms with Gasteiger partial charge in [-0.25, -0.2) is 9.07 Å². The summed E-state index contributed by atoms with van der Waals surface area (Å²) in [5.41, 5.74) is 3.80. The molecule has 4 rings (SSSR count). The highest BCUT2D eigenvalue weighted by Gasteiger charge is 2.40. The first-order valence-electron chi connectivity index (χ1n) is 12.7. The monoisotopic (exact) mass is 538 g/mol. The van der Waals surface area contributed by atoms with Crippen LogP contribution in [0, 0.1) is 12.7 Å².